The number of carbonyl (C=O) groups excluding carboxylic acids is 2. The molecule has 0 aromatic heterocycles. The molecule has 2 aliphatic rings. The Morgan fingerprint density at radius 2 is 1.03 bits per heavy atom. The van der Waals surface area contributed by atoms with Crippen LogP contribution in [-0.4, -0.2) is 91.0 Å². The number of hydrogen-bond acceptors (Lipinski definition) is 12. The first-order valence-corrected chi connectivity index (χ1v) is 22.7. The molecule has 2 aliphatic heterocycles. The summed E-state index contributed by atoms with van der Waals surface area (Å²) in [6, 6.07) is 47.4. The Morgan fingerprint density at radius 1 is 0.597 bits per heavy atom. The van der Waals surface area contributed by atoms with Crippen LogP contribution in [0.25, 0.3) is 0 Å². The largest absolute Gasteiger partial charge is 0.457 e. The van der Waals surface area contributed by atoms with Crippen molar-refractivity contribution in [1.29, 1.82) is 0 Å². The van der Waals surface area contributed by atoms with Gasteiger partial charge in [0, 0.05) is 20.3 Å². The summed E-state index contributed by atoms with van der Waals surface area (Å²) < 4.78 is 60.7. The van der Waals surface area contributed by atoms with Crippen molar-refractivity contribution in [3.8, 4) is 0 Å². The predicted molar refractivity (Wildman–Crippen MR) is 249 cm³/mol. The first kappa shape index (κ1) is 49.3. The summed E-state index contributed by atoms with van der Waals surface area (Å²) in [5, 5.41) is 14.2. The zero-order chi connectivity index (χ0) is 46.9. The number of ether oxygens (including phenoxy) is 9. The summed E-state index contributed by atoms with van der Waals surface area (Å²) >= 11 is 0. The zero-order valence-corrected chi connectivity index (χ0v) is 38.0. The van der Waals surface area contributed by atoms with Crippen molar-refractivity contribution in [2.75, 3.05) is 13.2 Å². The fraction of sp³-hybridized carbons (Fsp3) is 0.370. The molecule has 2 saturated heterocycles. The lowest BCUT2D eigenvalue weighted by molar-refractivity contribution is -0.409. The normalized spacial score (nSPS) is 26.0. The molecule has 354 valence electrons. The molecule has 13 heteroatoms. The minimum Gasteiger partial charge on any atom is -0.457 e. The SMILES string of the molecule is C=CC[C@]1(O[C@H]2[C@H](OC(C)=O)[C@@H](NC(C)=O)[C@@H](O)O[C@@H]2COCc2ccccc2)O[C@H](COCc2ccccc2)[C@@H](OCc2ccccc2)[C@H](OCc2ccccc2)[C@H]1OCc1ccccc1. The number of hydrogen-bond donors (Lipinski definition) is 2. The van der Waals surface area contributed by atoms with E-state index in [9.17, 15) is 14.7 Å². The standard InChI is InChI=1S/C54H61NO12/c1-4-30-54(67-49-45(36-59-31-40-20-10-5-11-21-40)65-53(58)47(55-38(2)56)50(49)64-39(3)57)52(63-35-44-28-18-9-19-29-44)51(62-34-43-26-16-8-17-27-43)48(61-33-42-24-14-7-15-25-42)46(66-54)37-60-32-41-22-12-6-13-23-41/h4-29,45-53,58H,1,30-37H2,2-3H3,(H,55,56)/t45-,46-,47-,48-,49-,50-,51+,52-,53+,54-/m1/s1. The monoisotopic (exact) mass is 915 g/mol. The number of esters is 1. The number of rotatable bonds is 23. The van der Waals surface area contributed by atoms with Crippen LogP contribution < -0.4 is 5.32 Å². The van der Waals surface area contributed by atoms with Crippen LogP contribution in [0, 0.1) is 0 Å². The van der Waals surface area contributed by atoms with Gasteiger partial charge in [-0.2, -0.15) is 0 Å². The third-order valence-electron chi connectivity index (χ3n) is 11.5. The Balaban J connectivity index is 1.34. The van der Waals surface area contributed by atoms with Gasteiger partial charge in [0.2, 0.25) is 11.7 Å². The number of carbonyl (C=O) groups is 2. The average Bonchev–Trinajstić information content (AvgIpc) is 3.34. The Morgan fingerprint density at radius 3 is 1.48 bits per heavy atom. The first-order chi connectivity index (χ1) is 32.7. The van der Waals surface area contributed by atoms with Crippen molar-refractivity contribution in [2.45, 2.75) is 114 Å². The van der Waals surface area contributed by atoms with Gasteiger partial charge in [-0.3, -0.25) is 9.59 Å². The molecule has 13 nitrogen and oxygen atoms in total. The smallest absolute Gasteiger partial charge is 0.303 e. The van der Waals surface area contributed by atoms with Crippen LogP contribution in [-0.2, 0) is 85.3 Å². The predicted octanol–water partition coefficient (Wildman–Crippen LogP) is 7.39. The summed E-state index contributed by atoms with van der Waals surface area (Å²) in [5.41, 5.74) is 4.56. The number of aliphatic hydroxyl groups excluding tert-OH is 1. The van der Waals surface area contributed by atoms with Gasteiger partial charge in [-0.1, -0.05) is 158 Å². The Kier molecular flexibility index (Phi) is 18.4. The summed E-state index contributed by atoms with van der Waals surface area (Å²) in [5.74, 6) is -2.99. The fourth-order valence-corrected chi connectivity index (χ4v) is 8.44. The summed E-state index contributed by atoms with van der Waals surface area (Å²) in [6.07, 6.45) is -7.30. The maximum Gasteiger partial charge on any atom is 0.303 e. The molecule has 2 N–H and O–H groups in total. The molecule has 1 amide bonds. The topological polar surface area (TPSA) is 149 Å². The quantitative estimate of drug-likeness (QED) is 0.0498. The Hall–Kier alpha value is -5.58. The third kappa shape index (κ3) is 14.0. The molecule has 2 fully saturated rings. The van der Waals surface area contributed by atoms with E-state index in [1.165, 1.54) is 13.8 Å². The number of amides is 1. The van der Waals surface area contributed by atoms with E-state index in [-0.39, 0.29) is 52.7 Å². The second-order valence-electron chi connectivity index (χ2n) is 16.6. The van der Waals surface area contributed by atoms with E-state index in [0.29, 0.717) is 0 Å². The van der Waals surface area contributed by atoms with E-state index >= 15 is 0 Å². The highest BCUT2D eigenvalue weighted by atomic mass is 16.8. The van der Waals surface area contributed by atoms with Gasteiger partial charge >= 0.3 is 5.97 Å². The van der Waals surface area contributed by atoms with E-state index in [1.807, 2.05) is 152 Å². The molecule has 7 rings (SSSR count). The molecule has 0 bridgehead atoms. The van der Waals surface area contributed by atoms with Gasteiger partial charge in [0.1, 0.15) is 42.7 Å². The van der Waals surface area contributed by atoms with E-state index in [4.69, 9.17) is 42.6 Å². The van der Waals surface area contributed by atoms with Crippen LogP contribution in [0.2, 0.25) is 0 Å². The highest BCUT2D eigenvalue weighted by Gasteiger charge is 2.61. The van der Waals surface area contributed by atoms with Crippen LogP contribution in [0.1, 0.15) is 48.1 Å². The molecule has 0 radical (unpaired) electrons. The van der Waals surface area contributed by atoms with Gasteiger partial charge in [-0.25, -0.2) is 0 Å². The Bertz CT molecular complexity index is 2240. The summed E-state index contributed by atoms with van der Waals surface area (Å²) in [7, 11) is 0. The number of nitrogens with one attached hydrogen (secondary N) is 1. The van der Waals surface area contributed by atoms with Crippen LogP contribution in [0.3, 0.4) is 0 Å². The van der Waals surface area contributed by atoms with Crippen LogP contribution >= 0.6 is 0 Å². The van der Waals surface area contributed by atoms with E-state index < -0.39 is 72.7 Å². The summed E-state index contributed by atoms with van der Waals surface area (Å²) in [6.45, 7) is 7.56. The molecular formula is C54H61NO12. The minimum absolute atomic E-state index is 0.00643. The van der Waals surface area contributed by atoms with Gasteiger partial charge in [-0.05, 0) is 27.8 Å². The highest BCUT2D eigenvalue weighted by Crippen LogP contribution is 2.43. The van der Waals surface area contributed by atoms with E-state index in [0.717, 1.165) is 27.8 Å². The molecule has 5 aromatic carbocycles. The van der Waals surface area contributed by atoms with Crippen molar-refractivity contribution >= 4 is 11.9 Å². The highest BCUT2D eigenvalue weighted by molar-refractivity contribution is 5.73. The second kappa shape index (κ2) is 25.0. The third-order valence-corrected chi connectivity index (χ3v) is 11.5. The van der Waals surface area contributed by atoms with Crippen molar-refractivity contribution in [3.63, 3.8) is 0 Å². The maximum absolute atomic E-state index is 13.0. The van der Waals surface area contributed by atoms with Gasteiger partial charge < -0.3 is 53.1 Å². The fourth-order valence-electron chi connectivity index (χ4n) is 8.44. The van der Waals surface area contributed by atoms with Gasteiger partial charge in [0.15, 0.2) is 12.4 Å². The summed E-state index contributed by atoms with van der Waals surface area (Å²) in [4.78, 5) is 25.8. The van der Waals surface area contributed by atoms with Crippen molar-refractivity contribution < 1.29 is 57.3 Å². The van der Waals surface area contributed by atoms with Crippen LogP contribution in [0.4, 0.5) is 0 Å². The zero-order valence-electron chi connectivity index (χ0n) is 38.0. The molecule has 0 aliphatic carbocycles. The lowest BCUT2D eigenvalue weighted by Gasteiger charge is -2.55. The molecule has 5 aromatic rings. The number of benzene rings is 5. The molecule has 2 heterocycles. The van der Waals surface area contributed by atoms with E-state index in [2.05, 4.69) is 11.9 Å². The van der Waals surface area contributed by atoms with E-state index in [1.54, 1.807) is 6.08 Å². The molecule has 0 saturated carbocycles. The van der Waals surface area contributed by atoms with Crippen molar-refractivity contribution in [2.24, 2.45) is 0 Å². The van der Waals surface area contributed by atoms with Crippen LogP contribution in [0.5, 0.6) is 0 Å². The van der Waals surface area contributed by atoms with Crippen molar-refractivity contribution in [3.05, 3.63) is 192 Å². The Labute approximate surface area is 392 Å². The lowest BCUT2D eigenvalue weighted by Crippen LogP contribution is -2.72. The van der Waals surface area contributed by atoms with Gasteiger partial charge in [-0.15, -0.1) is 6.58 Å². The maximum atomic E-state index is 13.0. The molecule has 67 heavy (non-hydrogen) atoms. The van der Waals surface area contributed by atoms with Gasteiger partial charge in [0.25, 0.3) is 0 Å². The minimum atomic E-state index is -1.81. The molecule has 0 unspecified atom stereocenters. The van der Waals surface area contributed by atoms with Crippen LogP contribution in [0.15, 0.2) is 164 Å². The number of aliphatic hydroxyl groups is 1. The van der Waals surface area contributed by atoms with Gasteiger partial charge in [0.05, 0.1) is 46.2 Å². The second-order valence-corrected chi connectivity index (χ2v) is 16.6. The first-order valence-electron chi connectivity index (χ1n) is 22.7. The molecule has 0 spiro atoms. The molecular weight excluding hydrogens is 855 g/mol. The lowest BCUT2D eigenvalue weighted by atomic mass is 9.88. The average molecular weight is 916 g/mol. The van der Waals surface area contributed by atoms with Crippen molar-refractivity contribution in [1.82, 2.24) is 5.32 Å². The molecule has 10 atom stereocenters.